The monoisotopic (exact) mass is 668 g/mol. The maximum absolute atomic E-state index is 14.1. The number of carbonyl (C=O) groups excluding carboxylic acids is 4. The first-order chi connectivity index (χ1) is 23.6. The van der Waals surface area contributed by atoms with Crippen molar-refractivity contribution in [2.75, 3.05) is 26.7 Å². The molecule has 0 aliphatic carbocycles. The number of hydrogen-bond donors (Lipinski definition) is 3. The first kappa shape index (κ1) is 35.0. The maximum atomic E-state index is 14.1. The summed E-state index contributed by atoms with van der Waals surface area (Å²) >= 11 is 0. The van der Waals surface area contributed by atoms with Gasteiger partial charge in [0.05, 0.1) is 24.2 Å². The van der Waals surface area contributed by atoms with Gasteiger partial charge in [0.1, 0.15) is 18.4 Å². The van der Waals surface area contributed by atoms with Crippen LogP contribution >= 0.6 is 0 Å². The van der Waals surface area contributed by atoms with Crippen LogP contribution in [0, 0.1) is 12.8 Å². The van der Waals surface area contributed by atoms with Crippen LogP contribution < -0.4 is 20.7 Å². The van der Waals surface area contributed by atoms with E-state index in [-0.39, 0.29) is 55.5 Å². The average Bonchev–Trinajstić information content (AvgIpc) is 3.45. The quantitative estimate of drug-likeness (QED) is 0.293. The number of benzene rings is 2. The van der Waals surface area contributed by atoms with E-state index >= 15 is 0 Å². The zero-order chi connectivity index (χ0) is 34.9. The van der Waals surface area contributed by atoms with Crippen molar-refractivity contribution in [3.63, 3.8) is 0 Å². The largest absolute Gasteiger partial charge is 0.481 e. The number of nitrogens with one attached hydrogen (secondary N) is 3. The van der Waals surface area contributed by atoms with Gasteiger partial charge in [-0.05, 0) is 37.3 Å². The van der Waals surface area contributed by atoms with Crippen molar-refractivity contribution in [3.8, 4) is 5.88 Å². The van der Waals surface area contributed by atoms with Gasteiger partial charge in [-0.15, -0.1) is 0 Å². The predicted octanol–water partition coefficient (Wildman–Crippen LogP) is 3.13. The summed E-state index contributed by atoms with van der Waals surface area (Å²) in [6.07, 6.45) is 1.22. The molecule has 3 heterocycles. The first-order valence-electron chi connectivity index (χ1n) is 16.7. The second-order valence-electron chi connectivity index (χ2n) is 12.5. The van der Waals surface area contributed by atoms with Crippen LogP contribution in [-0.2, 0) is 27.3 Å². The number of carbonyl (C=O) groups is 4. The summed E-state index contributed by atoms with van der Waals surface area (Å²) in [4.78, 5) is 65.2. The molecule has 0 saturated carbocycles. The van der Waals surface area contributed by atoms with Crippen LogP contribution in [-0.4, -0.2) is 81.1 Å². The van der Waals surface area contributed by atoms with Crippen LogP contribution in [0.5, 0.6) is 5.88 Å². The summed E-state index contributed by atoms with van der Waals surface area (Å²) in [6.45, 7) is 6.48. The molecule has 258 valence electrons. The van der Waals surface area contributed by atoms with E-state index in [1.807, 2.05) is 68.4 Å². The molecule has 0 unspecified atom stereocenters. The van der Waals surface area contributed by atoms with Gasteiger partial charge in [0.2, 0.25) is 23.6 Å². The smallest absolute Gasteiger partial charge is 0.254 e. The summed E-state index contributed by atoms with van der Waals surface area (Å²) in [6, 6.07) is 17.0. The van der Waals surface area contributed by atoms with Crippen LogP contribution in [0.2, 0.25) is 0 Å². The highest BCUT2D eigenvalue weighted by atomic mass is 16.5. The van der Waals surface area contributed by atoms with Gasteiger partial charge < -0.3 is 25.6 Å². The summed E-state index contributed by atoms with van der Waals surface area (Å²) in [5.41, 5.74) is 1.95. The fraction of sp³-hybridized carbons (Fsp3) is 0.417. The number of methoxy groups -OCH3 is 1. The van der Waals surface area contributed by atoms with E-state index < -0.39 is 12.1 Å². The van der Waals surface area contributed by atoms with E-state index in [2.05, 4.69) is 31.0 Å². The van der Waals surface area contributed by atoms with Crippen molar-refractivity contribution in [2.24, 2.45) is 5.92 Å². The van der Waals surface area contributed by atoms with Gasteiger partial charge in [-0.2, -0.15) is 5.10 Å². The highest BCUT2D eigenvalue weighted by molar-refractivity contribution is 6.06. The number of pyridine rings is 1. The van der Waals surface area contributed by atoms with Crippen LogP contribution in [0.4, 0.5) is 0 Å². The molecule has 3 N–H and O–H groups in total. The molecule has 13 heteroatoms. The molecule has 0 radical (unpaired) electrons. The lowest BCUT2D eigenvalue weighted by Gasteiger charge is -2.26. The fourth-order valence-electron chi connectivity index (χ4n) is 5.96. The number of nitrogens with zero attached hydrogens (tertiary/aromatic N) is 5. The Bertz CT molecular complexity index is 1790. The minimum atomic E-state index is -0.871. The lowest BCUT2D eigenvalue weighted by atomic mass is 10.0. The standard InChI is InChI=1S/C36H44N8O5/c1-23(2)33-34-38-24(3)42-44(34)22-31(46)37-17-11-19-43(36(48)27-21-32(49-4)40-28-15-9-8-14-26(27)28)18-10-16-30(45)39-29(35(47)41-33)20-25-12-6-5-7-13-25/h5-9,12-15,21,23,29,33H,10-11,16-20,22H2,1-4H3,(H,37,46)(H,39,45)(H,41,47)/t29-,33+/m1/s1. The predicted molar refractivity (Wildman–Crippen MR) is 184 cm³/mol. The summed E-state index contributed by atoms with van der Waals surface area (Å²) in [5, 5.41) is 14.1. The van der Waals surface area contributed by atoms with Gasteiger partial charge in [0.25, 0.3) is 5.91 Å². The molecule has 4 amide bonds. The van der Waals surface area contributed by atoms with Crippen LogP contribution in [0.3, 0.4) is 0 Å². The number of aromatic nitrogens is 4. The van der Waals surface area contributed by atoms with Crippen molar-refractivity contribution in [2.45, 2.75) is 65.1 Å². The molecule has 13 nitrogen and oxygen atoms in total. The van der Waals surface area contributed by atoms with Crippen molar-refractivity contribution >= 4 is 34.5 Å². The van der Waals surface area contributed by atoms with E-state index in [0.717, 1.165) is 5.56 Å². The van der Waals surface area contributed by atoms with E-state index in [0.29, 0.717) is 59.9 Å². The van der Waals surface area contributed by atoms with Crippen LogP contribution in [0.25, 0.3) is 10.9 Å². The Kier molecular flexibility index (Phi) is 11.6. The number of fused-ring (bicyclic) bond motifs is 2. The number of para-hydroxylation sites is 1. The van der Waals surface area contributed by atoms with E-state index in [4.69, 9.17) is 4.74 Å². The molecule has 4 aromatic rings. The molecule has 0 fully saturated rings. The Hall–Kier alpha value is -5.33. The zero-order valence-electron chi connectivity index (χ0n) is 28.4. The van der Waals surface area contributed by atoms with Crippen LogP contribution in [0.15, 0.2) is 60.7 Å². The van der Waals surface area contributed by atoms with E-state index in [9.17, 15) is 19.2 Å². The molecule has 2 atom stereocenters. The van der Waals surface area contributed by atoms with E-state index in [1.165, 1.54) is 11.8 Å². The SMILES string of the molecule is COc1cc(C(=O)N2CCCNC(=O)Cn3nc(C)nc3[C@H](C(C)C)NC(=O)[C@@H](Cc3ccccc3)NC(=O)CCC2)c2ccccc2n1. The van der Waals surface area contributed by atoms with Crippen LogP contribution in [0.1, 0.15) is 66.7 Å². The van der Waals surface area contributed by atoms with Crippen molar-refractivity contribution in [1.29, 1.82) is 0 Å². The average molecular weight is 669 g/mol. The third kappa shape index (κ3) is 8.98. The molecular formula is C36H44N8O5. The Balaban J connectivity index is 1.43. The Morgan fingerprint density at radius 2 is 1.69 bits per heavy atom. The number of aryl methyl sites for hydroxylation is 1. The number of rotatable bonds is 5. The van der Waals surface area contributed by atoms with Gasteiger partial charge in [-0.1, -0.05) is 62.4 Å². The van der Waals surface area contributed by atoms with Gasteiger partial charge in [-0.25, -0.2) is 14.6 Å². The second kappa shape index (κ2) is 16.2. The van der Waals surface area contributed by atoms with Crippen molar-refractivity contribution < 1.29 is 23.9 Å². The van der Waals surface area contributed by atoms with Crippen molar-refractivity contribution in [3.05, 3.63) is 83.4 Å². The zero-order valence-corrected chi connectivity index (χ0v) is 28.4. The molecule has 0 spiro atoms. The molecule has 1 aliphatic rings. The van der Waals surface area contributed by atoms with Gasteiger partial charge in [0.15, 0.2) is 5.82 Å². The maximum Gasteiger partial charge on any atom is 0.254 e. The van der Waals surface area contributed by atoms with Gasteiger partial charge in [0, 0.05) is 43.9 Å². The first-order valence-corrected chi connectivity index (χ1v) is 16.7. The Morgan fingerprint density at radius 3 is 2.45 bits per heavy atom. The fourth-order valence-corrected chi connectivity index (χ4v) is 5.96. The van der Waals surface area contributed by atoms with E-state index in [1.54, 1.807) is 17.9 Å². The number of hydrogen-bond acceptors (Lipinski definition) is 8. The highest BCUT2D eigenvalue weighted by Crippen LogP contribution is 2.24. The van der Waals surface area contributed by atoms with Crippen molar-refractivity contribution in [1.82, 2.24) is 40.6 Å². The molecule has 0 bridgehead atoms. The third-order valence-electron chi connectivity index (χ3n) is 8.45. The lowest BCUT2D eigenvalue weighted by molar-refractivity contribution is -0.129. The second-order valence-corrected chi connectivity index (χ2v) is 12.5. The molecule has 0 saturated heterocycles. The number of ether oxygens (including phenoxy) is 1. The molecule has 49 heavy (non-hydrogen) atoms. The summed E-state index contributed by atoms with van der Waals surface area (Å²) in [7, 11) is 1.50. The Morgan fingerprint density at radius 1 is 0.959 bits per heavy atom. The highest BCUT2D eigenvalue weighted by Gasteiger charge is 2.30. The minimum Gasteiger partial charge on any atom is -0.481 e. The molecule has 5 rings (SSSR count). The third-order valence-corrected chi connectivity index (χ3v) is 8.45. The Labute approximate surface area is 285 Å². The van der Waals surface area contributed by atoms with Gasteiger partial charge in [-0.3, -0.25) is 19.2 Å². The molecule has 2 aromatic carbocycles. The van der Waals surface area contributed by atoms with Gasteiger partial charge >= 0.3 is 0 Å². The minimum absolute atomic E-state index is 0.0889. The topological polar surface area (TPSA) is 160 Å². The molecular weight excluding hydrogens is 624 g/mol. The summed E-state index contributed by atoms with van der Waals surface area (Å²) < 4.78 is 6.90. The summed E-state index contributed by atoms with van der Waals surface area (Å²) in [5.74, 6) is -0.0121. The normalized spacial score (nSPS) is 18.6. The molecule has 2 aromatic heterocycles. The number of amides is 4. The molecule has 1 aliphatic heterocycles. The lowest BCUT2D eigenvalue weighted by Crippen LogP contribution is -2.50.